The molecule has 2 heterocycles. The van der Waals surface area contributed by atoms with Crippen LogP contribution >= 0.6 is 39.1 Å². The number of ether oxygens (including phenoxy) is 2. The Morgan fingerprint density at radius 1 is 1.08 bits per heavy atom. The average molecular weight is 588 g/mol. The van der Waals surface area contributed by atoms with E-state index in [1.165, 1.54) is 5.01 Å². The Balaban J connectivity index is 1.44. The maximum atomic E-state index is 13.8. The van der Waals surface area contributed by atoms with E-state index in [2.05, 4.69) is 21.0 Å². The molecule has 0 N–H and O–H groups in total. The lowest BCUT2D eigenvalue weighted by atomic mass is 9.93. The number of halogens is 3. The van der Waals surface area contributed by atoms with Gasteiger partial charge in [0.2, 0.25) is 0 Å². The van der Waals surface area contributed by atoms with E-state index >= 15 is 0 Å². The van der Waals surface area contributed by atoms with Gasteiger partial charge in [-0.15, -0.1) is 11.6 Å². The molecule has 0 saturated carbocycles. The first-order valence-corrected chi connectivity index (χ1v) is 13.1. The normalized spacial score (nSPS) is 18.9. The van der Waals surface area contributed by atoms with Crippen LogP contribution in [0.1, 0.15) is 29.2 Å². The van der Waals surface area contributed by atoms with E-state index in [4.69, 9.17) is 32.7 Å². The molecule has 36 heavy (non-hydrogen) atoms. The van der Waals surface area contributed by atoms with E-state index in [-0.39, 0.29) is 12.5 Å². The zero-order valence-corrected chi connectivity index (χ0v) is 22.1. The third-order valence-electron chi connectivity index (χ3n) is 6.17. The fourth-order valence-corrected chi connectivity index (χ4v) is 4.82. The molecule has 2 aliphatic heterocycles. The highest BCUT2D eigenvalue weighted by molar-refractivity contribution is 9.10. The van der Waals surface area contributed by atoms with Crippen molar-refractivity contribution >= 4 is 56.7 Å². The lowest BCUT2D eigenvalue weighted by Crippen LogP contribution is -2.41. The number of hydrazone groups is 1. The number of hydrogen-bond donors (Lipinski definition) is 0. The van der Waals surface area contributed by atoms with Crippen molar-refractivity contribution in [3.63, 3.8) is 0 Å². The fraction of sp³-hybridized carbons (Fsp3) is 0.222. The second kappa shape index (κ2) is 10.6. The zero-order valence-electron chi connectivity index (χ0n) is 19.0. The van der Waals surface area contributed by atoms with Crippen molar-refractivity contribution in [2.75, 3.05) is 12.5 Å². The van der Waals surface area contributed by atoms with Crippen LogP contribution in [0, 0.1) is 5.92 Å². The van der Waals surface area contributed by atoms with Gasteiger partial charge in [0.05, 0.1) is 17.6 Å². The second-order valence-electron chi connectivity index (χ2n) is 8.49. The maximum Gasteiger partial charge on any atom is 0.324 e. The summed E-state index contributed by atoms with van der Waals surface area (Å²) in [6.07, 6.45) is 0.729. The first-order valence-electron chi connectivity index (χ1n) is 11.4. The average Bonchev–Trinajstić information content (AvgIpc) is 3.33. The number of nitrogens with zero attached hydrogens (tertiary/aromatic N) is 2. The molecule has 0 radical (unpaired) electrons. The quantitative estimate of drug-likeness (QED) is 0.150. The van der Waals surface area contributed by atoms with Gasteiger partial charge in [0, 0.05) is 22.0 Å². The predicted molar refractivity (Wildman–Crippen MR) is 142 cm³/mol. The molecule has 0 aliphatic carbocycles. The van der Waals surface area contributed by atoms with E-state index < -0.39 is 17.8 Å². The van der Waals surface area contributed by atoms with Crippen LogP contribution in [0.2, 0.25) is 5.02 Å². The number of benzene rings is 3. The zero-order chi connectivity index (χ0) is 25.2. The summed E-state index contributed by atoms with van der Waals surface area (Å²) < 4.78 is 12.0. The van der Waals surface area contributed by atoms with Gasteiger partial charge in [0.1, 0.15) is 24.0 Å². The number of fused-ring (bicyclic) bond motifs is 1. The smallest absolute Gasteiger partial charge is 0.324 e. The molecule has 2 atom stereocenters. The van der Waals surface area contributed by atoms with Gasteiger partial charge < -0.3 is 9.47 Å². The number of esters is 1. The molecule has 184 valence electrons. The van der Waals surface area contributed by atoms with Crippen LogP contribution in [0.3, 0.4) is 0 Å². The van der Waals surface area contributed by atoms with Gasteiger partial charge in [-0.1, -0.05) is 57.9 Å². The summed E-state index contributed by atoms with van der Waals surface area (Å²) in [4.78, 5) is 26.7. The van der Waals surface area contributed by atoms with Crippen LogP contribution in [0.5, 0.6) is 11.5 Å². The molecule has 1 amide bonds. The second-order valence-corrected chi connectivity index (χ2v) is 10.2. The van der Waals surface area contributed by atoms with E-state index in [9.17, 15) is 9.59 Å². The largest absolute Gasteiger partial charge is 0.492 e. The first-order chi connectivity index (χ1) is 17.4. The molecule has 2 aliphatic rings. The van der Waals surface area contributed by atoms with Crippen molar-refractivity contribution in [3.8, 4) is 11.5 Å². The van der Waals surface area contributed by atoms with Crippen LogP contribution < -0.4 is 9.47 Å². The molecule has 3 aromatic carbocycles. The summed E-state index contributed by atoms with van der Waals surface area (Å²) >= 11 is 15.2. The predicted octanol–water partition coefficient (Wildman–Crippen LogP) is 6.18. The van der Waals surface area contributed by atoms with E-state index in [1.54, 1.807) is 24.3 Å². The molecule has 0 saturated heterocycles. The Morgan fingerprint density at radius 2 is 1.83 bits per heavy atom. The van der Waals surface area contributed by atoms with Gasteiger partial charge in [-0.25, -0.2) is 5.01 Å². The maximum absolute atomic E-state index is 13.8. The van der Waals surface area contributed by atoms with Gasteiger partial charge in [0.15, 0.2) is 0 Å². The Kier molecular flexibility index (Phi) is 7.32. The Morgan fingerprint density at radius 3 is 2.56 bits per heavy atom. The highest BCUT2D eigenvalue weighted by Crippen LogP contribution is 2.38. The van der Waals surface area contributed by atoms with Crippen LogP contribution in [0.25, 0.3) is 0 Å². The molecule has 2 unspecified atom stereocenters. The number of carbonyl (C=O) groups is 2. The molecular formula is C27H21BrCl2N2O4. The third kappa shape index (κ3) is 5.14. The van der Waals surface area contributed by atoms with Gasteiger partial charge in [-0.3, -0.25) is 9.59 Å². The molecule has 0 spiro atoms. The van der Waals surface area contributed by atoms with Crippen LogP contribution in [-0.2, 0) is 16.0 Å². The van der Waals surface area contributed by atoms with Crippen molar-refractivity contribution < 1.29 is 19.1 Å². The van der Waals surface area contributed by atoms with Gasteiger partial charge in [-0.05, 0) is 53.4 Å². The first kappa shape index (κ1) is 24.8. The summed E-state index contributed by atoms with van der Waals surface area (Å²) in [6.45, 7) is 0.343. The monoisotopic (exact) mass is 586 g/mol. The fourth-order valence-electron chi connectivity index (χ4n) is 4.35. The highest BCUT2D eigenvalue weighted by atomic mass is 79.9. The van der Waals surface area contributed by atoms with Crippen LogP contribution in [0.15, 0.2) is 76.3 Å². The van der Waals surface area contributed by atoms with Crippen LogP contribution in [-0.4, -0.2) is 35.1 Å². The SMILES string of the molecule is O=C1Oc2cc(OCCCl)ccc2CC1C(=O)N1N=C(c2ccc(Cl)cc2)CC1c1ccc(Br)cc1. The molecule has 0 bridgehead atoms. The number of hydrogen-bond acceptors (Lipinski definition) is 5. The summed E-state index contributed by atoms with van der Waals surface area (Å²) in [7, 11) is 0. The summed E-state index contributed by atoms with van der Waals surface area (Å²) in [5.74, 6) is -0.706. The number of alkyl halides is 1. The molecule has 0 fully saturated rings. The molecule has 3 aromatic rings. The van der Waals surface area contributed by atoms with E-state index in [1.807, 2.05) is 42.5 Å². The van der Waals surface area contributed by atoms with Crippen molar-refractivity contribution in [2.24, 2.45) is 11.0 Å². The molecule has 5 rings (SSSR count). The highest BCUT2D eigenvalue weighted by Gasteiger charge is 2.42. The Labute approximate surface area is 226 Å². The Bertz CT molecular complexity index is 1330. The number of amides is 1. The summed E-state index contributed by atoms with van der Waals surface area (Å²) in [5.41, 5.74) is 3.30. The van der Waals surface area contributed by atoms with Gasteiger partial charge in [-0.2, -0.15) is 5.10 Å². The van der Waals surface area contributed by atoms with Crippen molar-refractivity contribution in [2.45, 2.75) is 18.9 Å². The molecule has 0 aromatic heterocycles. The van der Waals surface area contributed by atoms with Gasteiger partial charge in [0.25, 0.3) is 5.91 Å². The third-order valence-corrected chi connectivity index (χ3v) is 7.11. The van der Waals surface area contributed by atoms with E-state index in [0.717, 1.165) is 26.9 Å². The lowest BCUT2D eigenvalue weighted by molar-refractivity contribution is -0.151. The Hall–Kier alpha value is -2.87. The van der Waals surface area contributed by atoms with E-state index in [0.29, 0.717) is 35.4 Å². The standard InChI is InChI=1S/C27H21BrCl2N2O4/c28-19-6-1-17(2-7-19)24-15-23(16-3-8-20(30)9-4-16)31-32(24)26(33)22-13-18-5-10-21(35-12-11-29)14-25(18)36-27(22)34/h1-10,14,22,24H,11-13,15H2. The van der Waals surface area contributed by atoms with Crippen molar-refractivity contribution in [1.29, 1.82) is 0 Å². The van der Waals surface area contributed by atoms with Gasteiger partial charge >= 0.3 is 5.97 Å². The van der Waals surface area contributed by atoms with Crippen LogP contribution in [0.4, 0.5) is 0 Å². The summed E-state index contributed by atoms with van der Waals surface area (Å²) in [6, 6.07) is 20.0. The lowest BCUT2D eigenvalue weighted by Gasteiger charge is -2.28. The van der Waals surface area contributed by atoms with Crippen molar-refractivity contribution in [1.82, 2.24) is 5.01 Å². The van der Waals surface area contributed by atoms with Crippen molar-refractivity contribution in [3.05, 3.63) is 92.9 Å². The number of rotatable bonds is 6. The topological polar surface area (TPSA) is 68.2 Å². The molecule has 9 heteroatoms. The molecular weight excluding hydrogens is 567 g/mol. The molecule has 6 nitrogen and oxygen atoms in total. The summed E-state index contributed by atoms with van der Waals surface area (Å²) in [5, 5.41) is 6.74. The minimum Gasteiger partial charge on any atom is -0.492 e. The minimum atomic E-state index is -1.00. The number of carbonyl (C=O) groups excluding carboxylic acids is 2. The minimum absolute atomic E-state index is 0.220.